The Labute approximate surface area is 141 Å². The molecule has 0 rings (SSSR count). The molecule has 6 nitrogen and oxygen atoms in total. The fourth-order valence-electron chi connectivity index (χ4n) is 2.21. The molecule has 0 amide bonds. The van der Waals surface area contributed by atoms with Gasteiger partial charge < -0.3 is 14.0 Å². The van der Waals surface area contributed by atoms with Crippen LogP contribution >= 0.6 is 0 Å². The van der Waals surface area contributed by atoms with Crippen molar-refractivity contribution < 1.29 is 26.6 Å². The van der Waals surface area contributed by atoms with Crippen molar-refractivity contribution >= 4 is 10.4 Å². The number of unbranched alkanes of at least 4 members (excludes halogenated alkanes) is 9. The minimum Gasteiger partial charge on any atom is -0.726 e. The van der Waals surface area contributed by atoms with Crippen LogP contribution in [-0.4, -0.2) is 46.0 Å². The molecule has 0 heterocycles. The van der Waals surface area contributed by atoms with Gasteiger partial charge in [0.15, 0.2) is 0 Å². The minimum atomic E-state index is -4.61. The summed E-state index contributed by atoms with van der Waals surface area (Å²) < 4.78 is 44.9. The highest BCUT2D eigenvalue weighted by Crippen LogP contribution is 2.10. The van der Waals surface area contributed by atoms with E-state index in [0.29, 0.717) is 13.2 Å². The van der Waals surface area contributed by atoms with E-state index in [1.165, 1.54) is 57.8 Å². The predicted molar refractivity (Wildman–Crippen MR) is 89.1 cm³/mol. The zero-order valence-electron chi connectivity index (χ0n) is 14.5. The lowest BCUT2D eigenvalue weighted by Crippen LogP contribution is -2.12. The Morgan fingerprint density at radius 2 is 1.09 bits per heavy atom. The first-order valence-electron chi connectivity index (χ1n) is 8.82. The lowest BCUT2D eigenvalue weighted by atomic mass is 10.1. The zero-order chi connectivity index (χ0) is 17.2. The zero-order valence-corrected chi connectivity index (χ0v) is 15.3. The maximum atomic E-state index is 10.1. The van der Waals surface area contributed by atoms with Gasteiger partial charge in [0.05, 0.1) is 26.4 Å². The Balaban J connectivity index is 3.03. The summed E-state index contributed by atoms with van der Waals surface area (Å²) in [7, 11) is -4.61. The molecule has 140 valence electrons. The second-order valence-corrected chi connectivity index (χ2v) is 6.69. The smallest absolute Gasteiger partial charge is 0.217 e. The van der Waals surface area contributed by atoms with Crippen molar-refractivity contribution in [3.05, 3.63) is 0 Å². The van der Waals surface area contributed by atoms with Crippen molar-refractivity contribution in [2.75, 3.05) is 33.0 Å². The summed E-state index contributed by atoms with van der Waals surface area (Å²) in [5.74, 6) is 0. The maximum absolute atomic E-state index is 10.1. The van der Waals surface area contributed by atoms with Gasteiger partial charge in [-0.25, -0.2) is 8.42 Å². The Kier molecular flexibility index (Phi) is 16.5. The molecule has 0 saturated carbocycles. The highest BCUT2D eigenvalue weighted by molar-refractivity contribution is 7.80. The van der Waals surface area contributed by atoms with Crippen LogP contribution in [0.1, 0.15) is 71.1 Å². The van der Waals surface area contributed by atoms with Crippen molar-refractivity contribution in [1.82, 2.24) is 0 Å². The van der Waals surface area contributed by atoms with Crippen molar-refractivity contribution in [3.8, 4) is 0 Å². The normalized spacial score (nSPS) is 11.9. The van der Waals surface area contributed by atoms with E-state index in [2.05, 4.69) is 11.1 Å². The monoisotopic (exact) mass is 353 g/mol. The summed E-state index contributed by atoms with van der Waals surface area (Å²) in [5.41, 5.74) is 0. The third-order valence-corrected chi connectivity index (χ3v) is 3.92. The standard InChI is InChI=1S/C16H34O6S/c1-2-3-4-5-6-7-8-9-10-11-12-20-13-14-21-15-16-22-23(17,18)19/h2-16H2,1H3,(H,17,18,19)/p-1. The molecule has 0 aliphatic rings. The molecule has 0 fully saturated rings. The second-order valence-electron chi connectivity index (χ2n) is 5.64. The van der Waals surface area contributed by atoms with Crippen LogP contribution in [0.25, 0.3) is 0 Å². The van der Waals surface area contributed by atoms with Gasteiger partial charge in [0.1, 0.15) is 0 Å². The van der Waals surface area contributed by atoms with Crippen LogP contribution in [0.5, 0.6) is 0 Å². The molecule has 0 aromatic carbocycles. The van der Waals surface area contributed by atoms with Crippen LogP contribution in [0.3, 0.4) is 0 Å². The molecule has 23 heavy (non-hydrogen) atoms. The molecule has 0 saturated heterocycles. The quantitative estimate of drug-likeness (QED) is 0.213. The van der Waals surface area contributed by atoms with E-state index in [4.69, 9.17) is 9.47 Å². The van der Waals surface area contributed by atoms with E-state index in [1.807, 2.05) is 0 Å². The van der Waals surface area contributed by atoms with Gasteiger partial charge in [-0.1, -0.05) is 64.7 Å². The first kappa shape index (κ1) is 22.8. The summed E-state index contributed by atoms with van der Waals surface area (Å²) in [4.78, 5) is 0. The minimum absolute atomic E-state index is 0.0725. The topological polar surface area (TPSA) is 84.9 Å². The summed E-state index contributed by atoms with van der Waals surface area (Å²) >= 11 is 0. The lowest BCUT2D eigenvalue weighted by Gasteiger charge is -2.08. The fourth-order valence-corrected chi connectivity index (χ4v) is 2.48. The molecule has 0 aromatic heterocycles. The van der Waals surface area contributed by atoms with Crippen LogP contribution < -0.4 is 0 Å². The van der Waals surface area contributed by atoms with Gasteiger partial charge in [0.2, 0.25) is 10.4 Å². The highest BCUT2D eigenvalue weighted by Gasteiger charge is 1.96. The molecule has 0 unspecified atom stereocenters. The number of hydrogen-bond donors (Lipinski definition) is 0. The van der Waals surface area contributed by atoms with Crippen molar-refractivity contribution in [2.45, 2.75) is 71.1 Å². The number of rotatable bonds is 18. The summed E-state index contributed by atoms with van der Waals surface area (Å²) in [5, 5.41) is 0. The van der Waals surface area contributed by atoms with Crippen LogP contribution in [0.15, 0.2) is 0 Å². The highest BCUT2D eigenvalue weighted by atomic mass is 32.3. The first-order valence-corrected chi connectivity index (χ1v) is 10.2. The van der Waals surface area contributed by atoms with Crippen LogP contribution in [-0.2, 0) is 24.1 Å². The van der Waals surface area contributed by atoms with E-state index in [-0.39, 0.29) is 13.2 Å². The average molecular weight is 354 g/mol. The Hall–Kier alpha value is -0.210. The second kappa shape index (κ2) is 16.6. The van der Waals surface area contributed by atoms with Crippen LogP contribution in [0.2, 0.25) is 0 Å². The molecule has 7 heteroatoms. The van der Waals surface area contributed by atoms with Gasteiger partial charge in [-0.2, -0.15) is 0 Å². The fraction of sp³-hybridized carbons (Fsp3) is 1.00. The molecule has 0 aliphatic carbocycles. The van der Waals surface area contributed by atoms with Crippen molar-refractivity contribution in [3.63, 3.8) is 0 Å². The van der Waals surface area contributed by atoms with Crippen LogP contribution in [0, 0.1) is 0 Å². The summed E-state index contributed by atoms with van der Waals surface area (Å²) in [6.07, 6.45) is 13.0. The van der Waals surface area contributed by atoms with E-state index < -0.39 is 10.4 Å². The molecular formula is C16H33O6S-. The summed E-state index contributed by atoms with van der Waals surface area (Å²) in [6, 6.07) is 0. The van der Waals surface area contributed by atoms with Crippen molar-refractivity contribution in [1.29, 1.82) is 0 Å². The van der Waals surface area contributed by atoms with Gasteiger partial charge >= 0.3 is 0 Å². The Morgan fingerprint density at radius 3 is 1.61 bits per heavy atom. The molecule has 0 bridgehead atoms. The molecular weight excluding hydrogens is 320 g/mol. The van der Waals surface area contributed by atoms with E-state index >= 15 is 0 Å². The van der Waals surface area contributed by atoms with Crippen molar-refractivity contribution in [2.24, 2.45) is 0 Å². The molecule has 0 aliphatic heterocycles. The molecule has 0 radical (unpaired) electrons. The average Bonchev–Trinajstić information content (AvgIpc) is 2.49. The van der Waals surface area contributed by atoms with Gasteiger partial charge in [-0.05, 0) is 6.42 Å². The van der Waals surface area contributed by atoms with Gasteiger partial charge in [-0.3, -0.25) is 4.18 Å². The third kappa shape index (κ3) is 21.8. The SMILES string of the molecule is CCCCCCCCCCCCOCCOCCOS(=O)(=O)[O-]. The number of hydrogen-bond acceptors (Lipinski definition) is 6. The molecule has 0 N–H and O–H groups in total. The predicted octanol–water partition coefficient (Wildman–Crippen LogP) is 3.42. The largest absolute Gasteiger partial charge is 0.726 e. The van der Waals surface area contributed by atoms with E-state index in [0.717, 1.165) is 13.0 Å². The van der Waals surface area contributed by atoms with E-state index in [9.17, 15) is 13.0 Å². The first-order chi connectivity index (χ1) is 11.1. The molecule has 0 spiro atoms. The van der Waals surface area contributed by atoms with Gasteiger partial charge in [0.25, 0.3) is 0 Å². The Bertz CT molecular complexity index is 331. The van der Waals surface area contributed by atoms with E-state index in [1.54, 1.807) is 0 Å². The van der Waals surface area contributed by atoms with Gasteiger partial charge in [-0.15, -0.1) is 0 Å². The maximum Gasteiger partial charge on any atom is 0.217 e. The van der Waals surface area contributed by atoms with Crippen LogP contribution in [0.4, 0.5) is 0 Å². The Morgan fingerprint density at radius 1 is 0.652 bits per heavy atom. The van der Waals surface area contributed by atoms with Gasteiger partial charge in [0, 0.05) is 6.61 Å². The third-order valence-electron chi connectivity index (χ3n) is 3.47. The number of ether oxygens (including phenoxy) is 2. The molecule has 0 aromatic rings. The molecule has 0 atom stereocenters. The summed E-state index contributed by atoms with van der Waals surface area (Å²) in [6.45, 7) is 3.64. The lowest BCUT2D eigenvalue weighted by molar-refractivity contribution is 0.0345.